The van der Waals surface area contributed by atoms with Crippen molar-refractivity contribution in [1.82, 2.24) is 4.98 Å². The molecule has 0 aliphatic rings. The predicted octanol–water partition coefficient (Wildman–Crippen LogP) is 2.04. The number of ether oxygens (including phenoxy) is 1. The van der Waals surface area contributed by atoms with Crippen LogP contribution in [-0.2, 0) is 0 Å². The minimum absolute atomic E-state index is 0.468. The summed E-state index contributed by atoms with van der Waals surface area (Å²) in [6.07, 6.45) is -2.92. The first-order chi connectivity index (χ1) is 6.60. The number of alkyl halides is 2. The number of nitrogens with zero attached hydrogens (tertiary/aromatic N) is 2. The Morgan fingerprint density at radius 1 is 1.57 bits per heavy atom. The summed E-state index contributed by atoms with van der Waals surface area (Å²) in [4.78, 5) is 3.10. The van der Waals surface area contributed by atoms with Gasteiger partial charge in [-0.3, -0.25) is 0 Å². The van der Waals surface area contributed by atoms with Gasteiger partial charge in [-0.2, -0.15) is 14.6 Å². The van der Waals surface area contributed by atoms with Crippen molar-refractivity contribution in [2.45, 2.75) is 6.43 Å². The molecule has 0 amide bonds. The molecule has 0 N–H and O–H groups in total. The van der Waals surface area contributed by atoms with Crippen molar-refractivity contribution in [3.05, 3.63) is 23.1 Å². The molecule has 0 aromatic carbocycles. The highest BCUT2D eigenvalue weighted by molar-refractivity contribution is 5.43. The molecule has 6 heteroatoms. The Morgan fingerprint density at radius 3 is 2.64 bits per heavy atom. The maximum atomic E-state index is 12.7. The molecule has 0 unspecified atom stereocenters. The van der Waals surface area contributed by atoms with Crippen molar-refractivity contribution in [3.63, 3.8) is 0 Å². The number of rotatable bonds is 2. The zero-order valence-corrected chi connectivity index (χ0v) is 7.09. The molecule has 0 saturated carbocycles. The Labute approximate surface area is 77.7 Å². The van der Waals surface area contributed by atoms with Gasteiger partial charge in [-0.15, -0.1) is 0 Å². The highest BCUT2D eigenvalue weighted by Gasteiger charge is 2.21. The molecule has 14 heavy (non-hydrogen) atoms. The van der Waals surface area contributed by atoms with Crippen molar-refractivity contribution < 1.29 is 17.9 Å². The van der Waals surface area contributed by atoms with Crippen LogP contribution >= 0.6 is 0 Å². The fourth-order valence-corrected chi connectivity index (χ4v) is 0.961. The summed E-state index contributed by atoms with van der Waals surface area (Å²) < 4.78 is 41.9. The first-order valence-electron chi connectivity index (χ1n) is 3.52. The van der Waals surface area contributed by atoms with E-state index >= 15 is 0 Å². The van der Waals surface area contributed by atoms with Gasteiger partial charge in [-0.1, -0.05) is 0 Å². The predicted molar refractivity (Wildman–Crippen MR) is 40.4 cm³/mol. The van der Waals surface area contributed by atoms with Gasteiger partial charge in [0.2, 0.25) is 11.8 Å². The number of hydrogen-bond acceptors (Lipinski definition) is 3. The average molecular weight is 202 g/mol. The normalized spacial score (nSPS) is 10.0. The summed E-state index contributed by atoms with van der Waals surface area (Å²) in [7, 11) is 1.08. The maximum absolute atomic E-state index is 12.7. The molecule has 0 fully saturated rings. The first kappa shape index (κ1) is 10.3. The molecule has 1 aromatic rings. The van der Waals surface area contributed by atoms with Crippen molar-refractivity contribution in [2.24, 2.45) is 0 Å². The second-order valence-electron chi connectivity index (χ2n) is 2.33. The molecule has 1 aromatic heterocycles. The fourth-order valence-electron chi connectivity index (χ4n) is 0.961. The standard InChI is InChI=1S/C8H5F3N2O/c1-14-8-6(7(10)11)4(3-12)2-5(9)13-8/h2,7H,1H3. The number of pyridine rings is 1. The third kappa shape index (κ3) is 1.76. The summed E-state index contributed by atoms with van der Waals surface area (Å²) in [5, 5.41) is 8.48. The minimum Gasteiger partial charge on any atom is -0.481 e. The van der Waals surface area contributed by atoms with Crippen molar-refractivity contribution in [2.75, 3.05) is 7.11 Å². The van der Waals surface area contributed by atoms with Gasteiger partial charge in [-0.05, 0) is 0 Å². The van der Waals surface area contributed by atoms with Gasteiger partial charge in [0, 0.05) is 6.07 Å². The Bertz CT molecular complexity index is 387. The van der Waals surface area contributed by atoms with Crippen molar-refractivity contribution in [3.8, 4) is 11.9 Å². The Morgan fingerprint density at radius 2 is 2.21 bits per heavy atom. The zero-order chi connectivity index (χ0) is 10.7. The van der Waals surface area contributed by atoms with Crippen LogP contribution in [0.25, 0.3) is 0 Å². The van der Waals surface area contributed by atoms with Gasteiger partial charge in [0.1, 0.15) is 6.07 Å². The van der Waals surface area contributed by atoms with E-state index in [1.807, 2.05) is 0 Å². The number of methoxy groups -OCH3 is 1. The summed E-state index contributed by atoms with van der Waals surface area (Å²) in [5.41, 5.74) is -1.15. The molecule has 74 valence electrons. The monoisotopic (exact) mass is 202 g/mol. The van der Waals surface area contributed by atoms with E-state index in [2.05, 4.69) is 9.72 Å². The van der Waals surface area contributed by atoms with Crippen LogP contribution in [0.4, 0.5) is 13.2 Å². The van der Waals surface area contributed by atoms with Gasteiger partial charge in [0.25, 0.3) is 6.43 Å². The second kappa shape index (κ2) is 3.96. The Balaban J connectivity index is 3.42. The summed E-state index contributed by atoms with van der Waals surface area (Å²) in [5.74, 6) is -1.58. The van der Waals surface area contributed by atoms with Crippen LogP contribution in [0.2, 0.25) is 0 Å². The molecule has 0 spiro atoms. The number of hydrogen-bond donors (Lipinski definition) is 0. The molecule has 3 nitrogen and oxygen atoms in total. The largest absolute Gasteiger partial charge is 0.481 e. The molecule has 0 aliphatic carbocycles. The SMILES string of the molecule is COc1nc(F)cc(C#N)c1C(F)F. The third-order valence-electron chi connectivity index (χ3n) is 1.52. The summed E-state index contributed by atoms with van der Waals surface area (Å²) >= 11 is 0. The van der Waals surface area contributed by atoms with E-state index in [1.54, 1.807) is 0 Å². The lowest BCUT2D eigenvalue weighted by atomic mass is 10.1. The van der Waals surface area contributed by atoms with Crippen LogP contribution in [0.1, 0.15) is 17.6 Å². The van der Waals surface area contributed by atoms with Gasteiger partial charge in [-0.25, -0.2) is 8.78 Å². The topological polar surface area (TPSA) is 45.9 Å². The molecule has 0 saturated heterocycles. The summed E-state index contributed by atoms with van der Waals surface area (Å²) in [6, 6.07) is 2.10. The van der Waals surface area contributed by atoms with E-state index < -0.39 is 29.4 Å². The van der Waals surface area contributed by atoms with E-state index in [0.29, 0.717) is 6.07 Å². The van der Waals surface area contributed by atoms with E-state index in [9.17, 15) is 13.2 Å². The van der Waals surface area contributed by atoms with E-state index in [1.165, 1.54) is 6.07 Å². The fraction of sp³-hybridized carbons (Fsp3) is 0.250. The van der Waals surface area contributed by atoms with Gasteiger partial charge < -0.3 is 4.74 Å². The minimum atomic E-state index is -2.92. The van der Waals surface area contributed by atoms with Crippen LogP contribution in [-0.4, -0.2) is 12.1 Å². The second-order valence-corrected chi connectivity index (χ2v) is 2.33. The van der Waals surface area contributed by atoms with E-state index in [-0.39, 0.29) is 0 Å². The Hall–Kier alpha value is -1.77. The number of halogens is 3. The van der Waals surface area contributed by atoms with Gasteiger partial charge in [0.05, 0.1) is 18.2 Å². The third-order valence-corrected chi connectivity index (χ3v) is 1.52. The van der Waals surface area contributed by atoms with E-state index in [0.717, 1.165) is 7.11 Å². The van der Waals surface area contributed by atoms with Crippen LogP contribution in [0.3, 0.4) is 0 Å². The zero-order valence-electron chi connectivity index (χ0n) is 7.09. The molecule has 0 radical (unpaired) electrons. The number of aromatic nitrogens is 1. The quantitative estimate of drug-likeness (QED) is 0.689. The summed E-state index contributed by atoms with van der Waals surface area (Å²) in [6.45, 7) is 0. The molecule has 0 bridgehead atoms. The smallest absolute Gasteiger partial charge is 0.270 e. The van der Waals surface area contributed by atoms with Crippen LogP contribution in [0.15, 0.2) is 6.07 Å². The van der Waals surface area contributed by atoms with Crippen LogP contribution in [0.5, 0.6) is 5.88 Å². The highest BCUT2D eigenvalue weighted by atomic mass is 19.3. The first-order valence-corrected chi connectivity index (χ1v) is 3.52. The van der Waals surface area contributed by atoms with Crippen LogP contribution in [0, 0.1) is 17.3 Å². The molecule has 0 aliphatic heterocycles. The molecule has 1 rings (SSSR count). The highest BCUT2D eigenvalue weighted by Crippen LogP contribution is 2.30. The Kier molecular flexibility index (Phi) is 2.92. The van der Waals surface area contributed by atoms with Crippen LogP contribution < -0.4 is 4.74 Å². The van der Waals surface area contributed by atoms with E-state index in [4.69, 9.17) is 5.26 Å². The molecule has 1 heterocycles. The van der Waals surface area contributed by atoms with Crippen molar-refractivity contribution >= 4 is 0 Å². The van der Waals surface area contributed by atoms with Crippen molar-refractivity contribution in [1.29, 1.82) is 5.26 Å². The number of nitriles is 1. The lowest BCUT2D eigenvalue weighted by molar-refractivity contribution is 0.145. The maximum Gasteiger partial charge on any atom is 0.270 e. The lowest BCUT2D eigenvalue weighted by Gasteiger charge is -2.07. The average Bonchev–Trinajstić information content (AvgIpc) is 2.15. The lowest BCUT2D eigenvalue weighted by Crippen LogP contribution is -2.01. The van der Waals surface area contributed by atoms with Gasteiger partial charge in [0.15, 0.2) is 0 Å². The molecule has 0 atom stereocenters. The molecular weight excluding hydrogens is 197 g/mol. The molecular formula is C8H5F3N2O. The van der Waals surface area contributed by atoms with Gasteiger partial charge >= 0.3 is 0 Å².